The molecule has 7 heteroatoms. The lowest BCUT2D eigenvalue weighted by molar-refractivity contribution is 0.0691. The molecule has 1 aliphatic rings. The molecule has 0 radical (unpaired) electrons. The number of aromatic amines is 1. The van der Waals surface area contributed by atoms with Crippen LogP contribution >= 0.6 is 0 Å². The quantitative estimate of drug-likeness (QED) is 0.767. The van der Waals surface area contributed by atoms with Crippen molar-refractivity contribution in [2.24, 2.45) is 0 Å². The summed E-state index contributed by atoms with van der Waals surface area (Å²) in [5.74, 6) is -1.06. The van der Waals surface area contributed by atoms with E-state index in [2.05, 4.69) is 20.1 Å². The van der Waals surface area contributed by atoms with Crippen LogP contribution in [0.5, 0.6) is 0 Å². The van der Waals surface area contributed by atoms with Gasteiger partial charge in [-0.05, 0) is 29.3 Å². The van der Waals surface area contributed by atoms with Gasteiger partial charge in [0.25, 0.3) is 0 Å². The van der Waals surface area contributed by atoms with Crippen molar-refractivity contribution in [1.29, 1.82) is 0 Å². The third-order valence-corrected chi connectivity index (χ3v) is 4.20. The highest BCUT2D eigenvalue weighted by Gasteiger charge is 2.15. The van der Waals surface area contributed by atoms with Crippen molar-refractivity contribution in [3.63, 3.8) is 0 Å². The molecule has 0 aliphatic carbocycles. The molecule has 2 N–H and O–H groups in total. The van der Waals surface area contributed by atoms with Crippen LogP contribution < -0.4 is 4.90 Å². The first-order valence-corrected chi connectivity index (χ1v) is 7.73. The number of anilines is 1. The Bertz CT molecular complexity index is 882. The van der Waals surface area contributed by atoms with E-state index in [-0.39, 0.29) is 5.69 Å². The molecule has 2 aromatic heterocycles. The van der Waals surface area contributed by atoms with E-state index in [0.717, 1.165) is 48.5 Å². The van der Waals surface area contributed by atoms with Crippen molar-refractivity contribution in [2.45, 2.75) is 0 Å². The van der Waals surface area contributed by atoms with Gasteiger partial charge in [-0.3, -0.25) is 5.10 Å². The fourth-order valence-corrected chi connectivity index (χ4v) is 2.95. The zero-order valence-electron chi connectivity index (χ0n) is 12.9. The van der Waals surface area contributed by atoms with Gasteiger partial charge in [0.15, 0.2) is 11.3 Å². The minimum atomic E-state index is -1.06. The van der Waals surface area contributed by atoms with Gasteiger partial charge in [0, 0.05) is 24.2 Å². The molecular formula is C17H16N4O3. The number of carboxylic acid groups (broad SMARTS) is 1. The first kappa shape index (κ1) is 14.6. The monoisotopic (exact) mass is 324 g/mol. The smallest absolute Gasteiger partial charge is 0.354 e. The molecule has 0 atom stereocenters. The third-order valence-electron chi connectivity index (χ3n) is 4.20. The van der Waals surface area contributed by atoms with Crippen LogP contribution in [0.2, 0.25) is 0 Å². The lowest BCUT2D eigenvalue weighted by Crippen LogP contribution is -2.36. The summed E-state index contributed by atoms with van der Waals surface area (Å²) in [5.41, 5.74) is 3.35. The Labute approximate surface area is 137 Å². The lowest BCUT2D eigenvalue weighted by atomic mass is 10.0. The van der Waals surface area contributed by atoms with E-state index < -0.39 is 5.97 Å². The summed E-state index contributed by atoms with van der Waals surface area (Å²) < 4.78 is 5.37. The number of nitrogens with one attached hydrogen (secondary N) is 1. The molecule has 1 aromatic carbocycles. The molecule has 0 bridgehead atoms. The van der Waals surface area contributed by atoms with Crippen LogP contribution in [-0.4, -0.2) is 52.6 Å². The zero-order valence-corrected chi connectivity index (χ0v) is 12.9. The summed E-state index contributed by atoms with van der Waals surface area (Å²) in [6, 6.07) is 9.68. The summed E-state index contributed by atoms with van der Waals surface area (Å²) in [4.78, 5) is 17.6. The number of morpholine rings is 1. The first-order valence-electron chi connectivity index (χ1n) is 7.73. The number of ether oxygens (including phenoxy) is 1. The average Bonchev–Trinajstić information content (AvgIpc) is 3.10. The number of fused-ring (bicyclic) bond motifs is 1. The summed E-state index contributed by atoms with van der Waals surface area (Å²) in [6.07, 6.45) is 1.67. The van der Waals surface area contributed by atoms with E-state index in [1.165, 1.54) is 0 Å². The minimum absolute atomic E-state index is 0.000921. The number of H-pyrrole nitrogens is 1. The number of aromatic carboxylic acids is 1. The molecule has 1 saturated heterocycles. The molecule has 1 aliphatic heterocycles. The molecule has 24 heavy (non-hydrogen) atoms. The number of benzene rings is 1. The summed E-state index contributed by atoms with van der Waals surface area (Å²) in [5, 5.41) is 16.8. The van der Waals surface area contributed by atoms with Crippen LogP contribution in [0, 0.1) is 0 Å². The number of carboxylic acids is 1. The van der Waals surface area contributed by atoms with E-state index in [1.807, 2.05) is 24.3 Å². The van der Waals surface area contributed by atoms with Gasteiger partial charge >= 0.3 is 5.97 Å². The molecule has 0 saturated carbocycles. The molecule has 122 valence electrons. The SMILES string of the molecule is O=C(O)c1cc(-c2ccc(N3CCOCC3)cc2)c2cn[nH]c2n1. The van der Waals surface area contributed by atoms with E-state index in [4.69, 9.17) is 4.74 Å². The van der Waals surface area contributed by atoms with Gasteiger partial charge in [0.05, 0.1) is 19.4 Å². The molecule has 1 fully saturated rings. The van der Waals surface area contributed by atoms with E-state index in [0.29, 0.717) is 5.65 Å². The summed E-state index contributed by atoms with van der Waals surface area (Å²) >= 11 is 0. The second-order valence-corrected chi connectivity index (χ2v) is 5.64. The number of rotatable bonds is 3. The Morgan fingerprint density at radius 3 is 2.67 bits per heavy atom. The Balaban J connectivity index is 1.74. The molecule has 0 spiro atoms. The van der Waals surface area contributed by atoms with Gasteiger partial charge in [-0.2, -0.15) is 5.10 Å². The van der Waals surface area contributed by atoms with Crippen molar-refractivity contribution in [3.8, 4) is 11.1 Å². The Kier molecular flexibility index (Phi) is 3.62. The van der Waals surface area contributed by atoms with Gasteiger partial charge in [0.2, 0.25) is 0 Å². The van der Waals surface area contributed by atoms with Crippen LogP contribution in [0.25, 0.3) is 22.2 Å². The maximum atomic E-state index is 11.3. The third kappa shape index (κ3) is 2.59. The number of hydrogen-bond acceptors (Lipinski definition) is 5. The average molecular weight is 324 g/mol. The predicted molar refractivity (Wildman–Crippen MR) is 89.3 cm³/mol. The predicted octanol–water partition coefficient (Wildman–Crippen LogP) is 2.16. The molecule has 0 unspecified atom stereocenters. The van der Waals surface area contributed by atoms with Gasteiger partial charge in [-0.15, -0.1) is 0 Å². The van der Waals surface area contributed by atoms with E-state index >= 15 is 0 Å². The van der Waals surface area contributed by atoms with Crippen molar-refractivity contribution in [1.82, 2.24) is 15.2 Å². The van der Waals surface area contributed by atoms with E-state index in [9.17, 15) is 9.90 Å². The minimum Gasteiger partial charge on any atom is -0.477 e. The van der Waals surface area contributed by atoms with E-state index in [1.54, 1.807) is 12.3 Å². The van der Waals surface area contributed by atoms with Crippen molar-refractivity contribution in [3.05, 3.63) is 42.2 Å². The normalized spacial score (nSPS) is 14.9. The Hall–Kier alpha value is -2.93. The second-order valence-electron chi connectivity index (χ2n) is 5.64. The largest absolute Gasteiger partial charge is 0.477 e. The van der Waals surface area contributed by atoms with Crippen LogP contribution in [-0.2, 0) is 4.74 Å². The van der Waals surface area contributed by atoms with Crippen molar-refractivity contribution < 1.29 is 14.6 Å². The summed E-state index contributed by atoms with van der Waals surface area (Å²) in [7, 11) is 0. The lowest BCUT2D eigenvalue weighted by Gasteiger charge is -2.28. The first-order chi connectivity index (χ1) is 11.7. The molecule has 3 heterocycles. The fourth-order valence-electron chi connectivity index (χ4n) is 2.95. The Morgan fingerprint density at radius 1 is 1.21 bits per heavy atom. The maximum Gasteiger partial charge on any atom is 0.354 e. The van der Waals surface area contributed by atoms with Crippen LogP contribution in [0.15, 0.2) is 36.5 Å². The number of aromatic nitrogens is 3. The van der Waals surface area contributed by atoms with Crippen LogP contribution in [0.1, 0.15) is 10.5 Å². The number of nitrogens with zero attached hydrogens (tertiary/aromatic N) is 3. The molecule has 3 aromatic rings. The summed E-state index contributed by atoms with van der Waals surface area (Å²) in [6.45, 7) is 3.24. The number of hydrogen-bond donors (Lipinski definition) is 2. The van der Waals surface area contributed by atoms with Crippen molar-refractivity contribution in [2.75, 3.05) is 31.2 Å². The van der Waals surface area contributed by atoms with Crippen LogP contribution in [0.4, 0.5) is 5.69 Å². The Morgan fingerprint density at radius 2 is 1.96 bits per heavy atom. The standard InChI is InChI=1S/C17H16N4O3/c22-17(23)15-9-13(14-10-18-20-16(14)19-15)11-1-3-12(4-2-11)21-5-7-24-8-6-21/h1-4,9-10H,5-8H2,(H,22,23)(H,18,19,20). The number of carbonyl (C=O) groups is 1. The molecule has 7 nitrogen and oxygen atoms in total. The van der Waals surface area contributed by atoms with Gasteiger partial charge in [-0.25, -0.2) is 9.78 Å². The second kappa shape index (κ2) is 5.93. The molecule has 0 amide bonds. The highest BCUT2D eigenvalue weighted by Crippen LogP contribution is 2.29. The van der Waals surface area contributed by atoms with Gasteiger partial charge in [0.1, 0.15) is 0 Å². The van der Waals surface area contributed by atoms with Crippen molar-refractivity contribution >= 4 is 22.7 Å². The maximum absolute atomic E-state index is 11.3. The van der Waals surface area contributed by atoms with Gasteiger partial charge in [-0.1, -0.05) is 12.1 Å². The highest BCUT2D eigenvalue weighted by atomic mass is 16.5. The zero-order chi connectivity index (χ0) is 16.5. The fraction of sp³-hybridized carbons (Fsp3) is 0.235. The number of pyridine rings is 1. The molecule has 4 rings (SSSR count). The van der Waals surface area contributed by atoms with Gasteiger partial charge < -0.3 is 14.7 Å². The molecular weight excluding hydrogens is 308 g/mol. The topological polar surface area (TPSA) is 91.3 Å². The highest BCUT2D eigenvalue weighted by molar-refractivity contribution is 5.97. The van der Waals surface area contributed by atoms with Crippen LogP contribution in [0.3, 0.4) is 0 Å².